The molecule has 0 bridgehead atoms. The topological polar surface area (TPSA) is 105 Å². The van der Waals surface area contributed by atoms with Crippen LogP contribution in [-0.4, -0.2) is 84.0 Å². The van der Waals surface area contributed by atoms with E-state index in [-0.39, 0.29) is 86.6 Å². The fourth-order valence-electron chi connectivity index (χ4n) is 17.4. The minimum Gasteiger partial charge on any atom is -0.462 e. The second kappa shape index (κ2) is 15.8. The number of allylic oxidation sites excluding steroid dienone is 1. The van der Waals surface area contributed by atoms with Gasteiger partial charge in [-0.15, -0.1) is 0 Å². The van der Waals surface area contributed by atoms with Gasteiger partial charge in [-0.2, -0.15) is 0 Å². The van der Waals surface area contributed by atoms with E-state index < -0.39 is 16.4 Å². The first kappa shape index (κ1) is 48.1. The molecule has 1 N–H and O–H groups in total. The summed E-state index contributed by atoms with van der Waals surface area (Å²) < 4.78 is 12.3. The summed E-state index contributed by atoms with van der Waals surface area (Å²) >= 11 is 0. The van der Waals surface area contributed by atoms with Gasteiger partial charge in [0, 0.05) is 43.6 Å². The fourth-order valence-corrected chi connectivity index (χ4v) is 17.4. The van der Waals surface area contributed by atoms with Crippen LogP contribution >= 0.6 is 0 Å². The van der Waals surface area contributed by atoms with Crippen molar-refractivity contribution in [3.63, 3.8) is 0 Å². The van der Waals surface area contributed by atoms with Crippen LogP contribution in [0.15, 0.2) is 12.2 Å². The lowest BCUT2D eigenvalue weighted by Crippen LogP contribution is -2.69. The molecule has 8 aliphatic rings. The number of likely N-dealkylation sites (N-methyl/N-ethyl adjacent to an activating group) is 1. The van der Waals surface area contributed by atoms with Gasteiger partial charge >= 0.3 is 11.9 Å². The van der Waals surface area contributed by atoms with Gasteiger partial charge in [-0.25, -0.2) is 0 Å². The third-order valence-corrected chi connectivity index (χ3v) is 22.0. The van der Waals surface area contributed by atoms with E-state index in [2.05, 4.69) is 84.0 Å². The molecule has 0 aromatic rings. The number of ether oxygens (including phenoxy) is 2. The lowest BCUT2D eigenvalue weighted by atomic mass is 9.32. The smallest absolute Gasteiger partial charge is 0.310 e. The van der Waals surface area contributed by atoms with Crippen molar-refractivity contribution in [3.05, 3.63) is 12.2 Å². The number of fused-ring (bicyclic) bond motifs is 7. The maximum absolute atomic E-state index is 15.2. The van der Waals surface area contributed by atoms with Gasteiger partial charge < -0.3 is 24.6 Å². The Morgan fingerprint density at radius 1 is 0.688 bits per heavy atom. The molecule has 9 heteroatoms. The van der Waals surface area contributed by atoms with E-state index in [1.54, 1.807) is 0 Å². The first-order valence-electron chi connectivity index (χ1n) is 26.0. The zero-order valence-corrected chi connectivity index (χ0v) is 42.8. The number of piperazine rings is 1. The molecule has 1 aliphatic heterocycles. The molecule has 0 radical (unpaired) electrons. The predicted octanol–water partition coefficient (Wildman–Crippen LogP) is 10.3. The van der Waals surface area contributed by atoms with Crippen LogP contribution in [0.25, 0.3) is 0 Å². The van der Waals surface area contributed by atoms with Gasteiger partial charge in [0.1, 0.15) is 11.7 Å². The largest absolute Gasteiger partial charge is 0.462 e. The molecule has 0 unspecified atom stereocenters. The standard InChI is InChI=1S/C55H89N3O6/c1-16-57-27-29-58(30-28-57)44(59)36-32-41(50(36,9)10)56-47(62)55-24-19-34(33(2)3)43(55)35-17-18-40-52(13)22-21-42(51(11,12)39(52)20-23-54(40,15)53(35,14)25-26-55)63-45(60)37-31-38(49(37,7)8)46(61)64-48(4,5)6/h34-43H,2,16-32H2,1,3-15H3,(H,56,62)/t34-,35+,36-,37-,38+,39-,40+,41-,42-,43+,52-,53+,54+,55-/m0/s1. The van der Waals surface area contributed by atoms with E-state index in [1.165, 1.54) is 12.0 Å². The Kier molecular flexibility index (Phi) is 11.9. The number of carbonyl (C=O) groups is 4. The van der Waals surface area contributed by atoms with Crippen LogP contribution in [0.1, 0.15) is 174 Å². The van der Waals surface area contributed by atoms with Gasteiger partial charge in [-0.05, 0) is 168 Å². The van der Waals surface area contributed by atoms with E-state index in [1.807, 2.05) is 34.6 Å². The van der Waals surface area contributed by atoms with E-state index >= 15 is 4.79 Å². The van der Waals surface area contributed by atoms with Crippen LogP contribution in [0.5, 0.6) is 0 Å². The van der Waals surface area contributed by atoms with Crippen LogP contribution in [-0.2, 0) is 28.7 Å². The zero-order valence-electron chi connectivity index (χ0n) is 42.8. The average Bonchev–Trinajstić information content (AvgIpc) is 3.61. The monoisotopic (exact) mass is 888 g/mol. The van der Waals surface area contributed by atoms with Crippen molar-refractivity contribution in [2.24, 2.45) is 85.2 Å². The Hall–Kier alpha value is -2.42. The summed E-state index contributed by atoms with van der Waals surface area (Å²) in [5, 5.41) is 3.68. The SMILES string of the molecule is C=C(C)[C@@H]1CC[C@]2(C(=O)N[C@H]3C[C@@H](C(=O)N4CCN(CC)CC4)C3(C)C)CC[C@]3(C)[C@H](CC[C@@H]4[C@@]5(C)CC[C@H](OC(=O)[C@@H]6C[C@H](C(=O)OC(C)(C)C)C6(C)C)C(C)(C)[C@@H]5CC[C@]43C)[C@@H]12. The fraction of sp³-hybridized carbons (Fsp3) is 0.891. The summed E-state index contributed by atoms with van der Waals surface area (Å²) in [5.74, 6) is 1.57. The molecule has 14 atom stereocenters. The summed E-state index contributed by atoms with van der Waals surface area (Å²) in [4.78, 5) is 60.6. The minimum atomic E-state index is -0.557. The predicted molar refractivity (Wildman–Crippen MR) is 253 cm³/mol. The second-order valence-electron chi connectivity index (χ2n) is 26.7. The van der Waals surface area contributed by atoms with Gasteiger partial charge in [0.2, 0.25) is 11.8 Å². The lowest BCUT2D eigenvalue weighted by molar-refractivity contribution is -0.251. The summed E-state index contributed by atoms with van der Waals surface area (Å²) in [6.07, 6.45) is 11.5. The molecule has 7 aliphatic carbocycles. The zero-order chi connectivity index (χ0) is 47.0. The van der Waals surface area contributed by atoms with Crippen LogP contribution < -0.4 is 5.32 Å². The number of esters is 2. The van der Waals surface area contributed by atoms with Crippen LogP contribution in [0.4, 0.5) is 0 Å². The molecular formula is C55H89N3O6. The molecule has 7 saturated carbocycles. The number of hydrogen-bond donors (Lipinski definition) is 1. The van der Waals surface area contributed by atoms with E-state index in [4.69, 9.17) is 9.47 Å². The molecule has 1 heterocycles. The number of rotatable bonds is 8. The van der Waals surface area contributed by atoms with Gasteiger partial charge in [0.15, 0.2) is 0 Å². The Labute approximate surface area is 388 Å². The van der Waals surface area contributed by atoms with Crippen molar-refractivity contribution in [1.29, 1.82) is 0 Å². The number of nitrogens with zero attached hydrogens (tertiary/aromatic N) is 2. The molecule has 0 aromatic heterocycles. The first-order valence-corrected chi connectivity index (χ1v) is 26.0. The highest BCUT2D eigenvalue weighted by molar-refractivity contribution is 5.86. The molecule has 64 heavy (non-hydrogen) atoms. The van der Waals surface area contributed by atoms with Gasteiger partial charge in [-0.3, -0.25) is 19.2 Å². The third kappa shape index (κ3) is 7.11. The van der Waals surface area contributed by atoms with E-state index in [0.717, 1.165) is 96.9 Å². The van der Waals surface area contributed by atoms with Gasteiger partial charge in [-0.1, -0.05) is 81.4 Å². The molecule has 2 amide bonds. The normalized spacial score (nSPS) is 44.3. The molecule has 0 spiro atoms. The molecule has 9 nitrogen and oxygen atoms in total. The Bertz CT molecular complexity index is 1890. The van der Waals surface area contributed by atoms with Crippen molar-refractivity contribution in [1.82, 2.24) is 15.1 Å². The molecule has 1 saturated heterocycles. The number of hydrogen-bond acceptors (Lipinski definition) is 7. The summed E-state index contributed by atoms with van der Waals surface area (Å²) in [5.41, 5.74) is -0.333. The molecular weight excluding hydrogens is 799 g/mol. The Morgan fingerprint density at radius 2 is 1.34 bits per heavy atom. The van der Waals surface area contributed by atoms with Crippen molar-refractivity contribution in [3.8, 4) is 0 Å². The van der Waals surface area contributed by atoms with Crippen LogP contribution in [0.3, 0.4) is 0 Å². The van der Waals surface area contributed by atoms with Crippen molar-refractivity contribution >= 4 is 23.8 Å². The third-order valence-electron chi connectivity index (χ3n) is 22.0. The van der Waals surface area contributed by atoms with Gasteiger partial charge in [0.05, 0.1) is 17.3 Å². The first-order chi connectivity index (χ1) is 29.6. The maximum Gasteiger partial charge on any atom is 0.310 e. The summed E-state index contributed by atoms with van der Waals surface area (Å²) in [6, 6.07) is 0.00805. The van der Waals surface area contributed by atoms with Crippen LogP contribution in [0, 0.1) is 85.2 Å². The highest BCUT2D eigenvalue weighted by Crippen LogP contribution is 2.78. The van der Waals surface area contributed by atoms with Crippen molar-refractivity contribution in [2.45, 2.75) is 192 Å². The van der Waals surface area contributed by atoms with Crippen LogP contribution in [0.2, 0.25) is 0 Å². The van der Waals surface area contributed by atoms with E-state index in [9.17, 15) is 14.4 Å². The summed E-state index contributed by atoms with van der Waals surface area (Å²) in [6.45, 7) is 40.3. The quantitative estimate of drug-likeness (QED) is 0.191. The van der Waals surface area contributed by atoms with Crippen molar-refractivity contribution in [2.75, 3.05) is 32.7 Å². The highest BCUT2D eigenvalue weighted by atomic mass is 16.6. The molecule has 8 fully saturated rings. The van der Waals surface area contributed by atoms with Gasteiger partial charge in [0.25, 0.3) is 0 Å². The second-order valence-corrected chi connectivity index (χ2v) is 26.7. The number of nitrogens with one attached hydrogen (secondary N) is 1. The maximum atomic E-state index is 15.2. The molecule has 360 valence electrons. The Balaban J connectivity index is 0.964. The van der Waals surface area contributed by atoms with E-state index in [0.29, 0.717) is 30.1 Å². The highest BCUT2D eigenvalue weighted by Gasteiger charge is 2.72. The Morgan fingerprint density at radius 3 is 1.94 bits per heavy atom. The summed E-state index contributed by atoms with van der Waals surface area (Å²) in [7, 11) is 0. The molecule has 0 aromatic carbocycles. The number of carbonyl (C=O) groups excluding carboxylic acids is 4. The average molecular weight is 888 g/mol. The van der Waals surface area contributed by atoms with Crippen molar-refractivity contribution < 1.29 is 28.7 Å². The lowest BCUT2D eigenvalue weighted by Gasteiger charge is -2.73. The molecule has 8 rings (SSSR count). The number of amides is 2. The minimum absolute atomic E-state index is 0.00805.